The summed E-state index contributed by atoms with van der Waals surface area (Å²) in [5.41, 5.74) is 8.17. The maximum absolute atomic E-state index is 13.0. The molecule has 1 heterocycles. The summed E-state index contributed by atoms with van der Waals surface area (Å²) in [4.78, 5) is 27.0. The van der Waals surface area contributed by atoms with E-state index in [1.54, 1.807) is 0 Å². The highest BCUT2D eigenvalue weighted by Gasteiger charge is 2.31. The molecule has 0 radical (unpaired) electrons. The Morgan fingerprint density at radius 3 is 2.54 bits per heavy atom. The lowest BCUT2D eigenvalue weighted by Crippen LogP contribution is -2.43. The van der Waals surface area contributed by atoms with E-state index in [1.807, 2.05) is 43.3 Å². The largest absolute Gasteiger partial charge is 0.416 e. The van der Waals surface area contributed by atoms with Crippen molar-refractivity contribution in [2.45, 2.75) is 32.1 Å². The van der Waals surface area contributed by atoms with E-state index in [1.165, 1.54) is 0 Å². The molecule has 1 atom stereocenters. The Labute approximate surface area is 241 Å². The molecule has 0 saturated carbocycles. The van der Waals surface area contributed by atoms with Crippen LogP contribution in [0.1, 0.15) is 33.5 Å². The third-order valence-electron chi connectivity index (χ3n) is 6.66. The van der Waals surface area contributed by atoms with Crippen molar-refractivity contribution >= 4 is 46.2 Å². The van der Waals surface area contributed by atoms with Gasteiger partial charge in [-0.1, -0.05) is 30.3 Å². The van der Waals surface area contributed by atoms with Gasteiger partial charge < -0.3 is 27.0 Å². The summed E-state index contributed by atoms with van der Waals surface area (Å²) < 4.78 is 38.9. The molecule has 41 heavy (non-hydrogen) atoms. The van der Waals surface area contributed by atoms with Crippen molar-refractivity contribution < 1.29 is 22.8 Å². The molecule has 1 fully saturated rings. The number of likely N-dealkylation sites (tertiary alicyclic amines) is 1. The zero-order valence-electron chi connectivity index (χ0n) is 22.3. The van der Waals surface area contributed by atoms with Gasteiger partial charge in [-0.3, -0.25) is 14.5 Å². The molecule has 8 nitrogen and oxygen atoms in total. The zero-order chi connectivity index (χ0) is 29.6. The molecule has 6 N–H and O–H groups in total. The van der Waals surface area contributed by atoms with Gasteiger partial charge in [0.25, 0.3) is 5.91 Å². The van der Waals surface area contributed by atoms with Gasteiger partial charge in [0.2, 0.25) is 5.91 Å². The average Bonchev–Trinajstić information content (AvgIpc) is 3.35. The van der Waals surface area contributed by atoms with Gasteiger partial charge in [-0.25, -0.2) is 0 Å². The number of carbonyl (C=O) groups is 2. The first-order valence-corrected chi connectivity index (χ1v) is 13.4. The number of carbonyl (C=O) groups excluding carboxylic acids is 2. The molecule has 0 bridgehead atoms. The fraction of sp³-hybridized carbons (Fsp3) is 0.276. The number of nitrogens with zero attached hydrogens (tertiary/aromatic N) is 1. The first-order valence-electron chi connectivity index (χ1n) is 13.0. The molecular formula is C29H31F3N6O2S. The first kappa shape index (κ1) is 29.8. The van der Waals surface area contributed by atoms with Crippen LogP contribution >= 0.6 is 12.2 Å². The van der Waals surface area contributed by atoms with Crippen molar-refractivity contribution in [1.82, 2.24) is 15.5 Å². The first-order chi connectivity index (χ1) is 19.5. The van der Waals surface area contributed by atoms with E-state index in [-0.39, 0.29) is 23.8 Å². The molecule has 0 unspecified atom stereocenters. The number of amides is 2. The molecule has 4 rings (SSSR count). The van der Waals surface area contributed by atoms with Crippen LogP contribution in [0, 0.1) is 6.92 Å². The predicted molar refractivity (Wildman–Crippen MR) is 157 cm³/mol. The van der Waals surface area contributed by atoms with Crippen LogP contribution in [0.3, 0.4) is 0 Å². The van der Waals surface area contributed by atoms with E-state index >= 15 is 0 Å². The van der Waals surface area contributed by atoms with E-state index in [0.717, 1.165) is 47.6 Å². The van der Waals surface area contributed by atoms with Crippen LogP contribution in [-0.2, 0) is 17.5 Å². The summed E-state index contributed by atoms with van der Waals surface area (Å²) in [6.07, 6.45) is -3.89. The van der Waals surface area contributed by atoms with Crippen LogP contribution in [0.2, 0.25) is 0 Å². The van der Waals surface area contributed by atoms with Gasteiger partial charge in [-0.2, -0.15) is 13.2 Å². The number of hydrogen-bond acceptors (Lipinski definition) is 5. The second-order valence-corrected chi connectivity index (χ2v) is 10.3. The Bertz CT molecular complexity index is 1420. The number of halogens is 3. The third-order valence-corrected chi connectivity index (χ3v) is 6.86. The number of nitrogen functional groups attached to an aromatic ring is 1. The zero-order valence-corrected chi connectivity index (χ0v) is 23.2. The highest BCUT2D eigenvalue weighted by molar-refractivity contribution is 7.80. The smallest absolute Gasteiger partial charge is 0.398 e. The quantitative estimate of drug-likeness (QED) is 0.196. The van der Waals surface area contributed by atoms with Gasteiger partial charge in [0.15, 0.2) is 5.11 Å². The van der Waals surface area contributed by atoms with Crippen LogP contribution in [0.25, 0.3) is 0 Å². The number of benzene rings is 3. The molecule has 216 valence electrons. The Kier molecular flexibility index (Phi) is 9.46. The molecule has 12 heteroatoms. The fourth-order valence-corrected chi connectivity index (χ4v) is 4.75. The number of nitrogens with one attached hydrogen (secondary N) is 4. The number of alkyl halides is 3. The van der Waals surface area contributed by atoms with E-state index in [9.17, 15) is 22.8 Å². The fourth-order valence-electron chi connectivity index (χ4n) is 4.52. The van der Waals surface area contributed by atoms with Crippen LogP contribution in [-0.4, -0.2) is 47.5 Å². The second-order valence-electron chi connectivity index (χ2n) is 9.87. The molecular weight excluding hydrogens is 553 g/mol. The number of rotatable bonds is 8. The monoisotopic (exact) mass is 584 g/mol. The van der Waals surface area contributed by atoms with Crippen LogP contribution in [0.15, 0.2) is 66.7 Å². The van der Waals surface area contributed by atoms with Gasteiger partial charge >= 0.3 is 6.18 Å². The average molecular weight is 585 g/mol. The Balaban J connectivity index is 1.25. The SMILES string of the molecule is Cc1ccc(CN2CC[C@H](NC(=O)CNC(=O)c3cc(C(F)(F)F)ccc3N)C2)cc1NC(=S)Nc1ccccc1. The number of para-hydroxylation sites is 1. The van der Waals surface area contributed by atoms with Crippen molar-refractivity contribution in [3.05, 3.63) is 89.0 Å². The lowest BCUT2D eigenvalue weighted by atomic mass is 10.1. The summed E-state index contributed by atoms with van der Waals surface area (Å²) in [6.45, 7) is 3.67. The maximum atomic E-state index is 13.0. The number of aryl methyl sites for hydroxylation is 1. The molecule has 1 aliphatic heterocycles. The molecule has 1 aliphatic rings. The number of thiocarbonyl (C=S) groups is 1. The van der Waals surface area contributed by atoms with Crippen molar-refractivity contribution in [1.29, 1.82) is 0 Å². The summed E-state index contributed by atoms with van der Waals surface area (Å²) in [5.74, 6) is -1.28. The van der Waals surface area contributed by atoms with Crippen molar-refractivity contribution in [2.24, 2.45) is 0 Å². The molecule has 2 amide bonds. The highest BCUT2D eigenvalue weighted by atomic mass is 32.1. The maximum Gasteiger partial charge on any atom is 0.416 e. The minimum absolute atomic E-state index is 0.105. The van der Waals surface area contributed by atoms with Crippen molar-refractivity contribution in [3.8, 4) is 0 Å². The molecule has 0 spiro atoms. The van der Waals surface area contributed by atoms with Gasteiger partial charge in [0.05, 0.1) is 17.7 Å². The molecule has 3 aromatic carbocycles. The number of hydrogen-bond donors (Lipinski definition) is 5. The van der Waals surface area contributed by atoms with Gasteiger partial charge in [-0.05, 0) is 73.1 Å². The van der Waals surface area contributed by atoms with E-state index in [0.29, 0.717) is 24.3 Å². The standard InChI is InChI=1S/C29H31F3N6O2S/c1-18-7-8-19(13-25(18)37-28(41)36-21-5-3-2-4-6-21)16-38-12-11-22(17-38)35-26(39)15-34-27(40)23-14-20(29(30,31)32)9-10-24(23)33/h2-10,13-14,22H,11-12,15-17,33H2,1H3,(H,34,40)(H,35,39)(H2,36,37,41)/t22-/m0/s1. The van der Waals surface area contributed by atoms with Crippen molar-refractivity contribution in [2.75, 3.05) is 36.0 Å². The van der Waals surface area contributed by atoms with E-state index in [2.05, 4.69) is 38.3 Å². The Morgan fingerprint density at radius 1 is 1.05 bits per heavy atom. The third kappa shape index (κ3) is 8.41. The van der Waals surface area contributed by atoms with Crippen LogP contribution < -0.4 is 27.0 Å². The number of anilines is 3. The normalized spacial score (nSPS) is 15.3. The van der Waals surface area contributed by atoms with Crippen LogP contribution in [0.4, 0.5) is 30.2 Å². The molecule has 0 aliphatic carbocycles. The van der Waals surface area contributed by atoms with Gasteiger partial charge in [0.1, 0.15) is 0 Å². The van der Waals surface area contributed by atoms with Crippen molar-refractivity contribution in [3.63, 3.8) is 0 Å². The summed E-state index contributed by atoms with van der Waals surface area (Å²) in [6, 6.07) is 18.2. The molecule has 3 aromatic rings. The molecule has 0 aromatic heterocycles. The topological polar surface area (TPSA) is 112 Å². The van der Waals surface area contributed by atoms with E-state index < -0.39 is 23.6 Å². The highest BCUT2D eigenvalue weighted by Crippen LogP contribution is 2.31. The Hall–Kier alpha value is -4.16. The lowest BCUT2D eigenvalue weighted by Gasteiger charge is -2.19. The predicted octanol–water partition coefficient (Wildman–Crippen LogP) is 4.53. The minimum atomic E-state index is -4.61. The van der Waals surface area contributed by atoms with Crippen LogP contribution in [0.5, 0.6) is 0 Å². The molecule has 1 saturated heterocycles. The summed E-state index contributed by atoms with van der Waals surface area (Å²) in [7, 11) is 0. The summed E-state index contributed by atoms with van der Waals surface area (Å²) in [5, 5.41) is 12.1. The second kappa shape index (κ2) is 13.0. The minimum Gasteiger partial charge on any atom is -0.398 e. The van der Waals surface area contributed by atoms with Gasteiger partial charge in [-0.15, -0.1) is 0 Å². The van der Waals surface area contributed by atoms with Gasteiger partial charge in [0, 0.05) is 42.7 Å². The lowest BCUT2D eigenvalue weighted by molar-refractivity contribution is -0.137. The number of nitrogens with two attached hydrogens (primary N) is 1. The Morgan fingerprint density at radius 2 is 1.80 bits per heavy atom. The summed E-state index contributed by atoms with van der Waals surface area (Å²) >= 11 is 5.46. The van der Waals surface area contributed by atoms with E-state index in [4.69, 9.17) is 18.0 Å².